The summed E-state index contributed by atoms with van der Waals surface area (Å²) in [4.78, 5) is 13.3. The van der Waals surface area contributed by atoms with Crippen molar-refractivity contribution in [3.8, 4) is 5.75 Å². The zero-order valence-corrected chi connectivity index (χ0v) is 11.0. The maximum absolute atomic E-state index is 11.4. The SMILES string of the molecule is O=c1cc(CN(CCO)Cc2ccccc2)occ1O. The van der Waals surface area contributed by atoms with Crippen LogP contribution < -0.4 is 5.43 Å². The quantitative estimate of drug-likeness (QED) is 0.832. The van der Waals surface area contributed by atoms with Gasteiger partial charge < -0.3 is 14.6 Å². The molecule has 0 radical (unpaired) electrons. The van der Waals surface area contributed by atoms with Gasteiger partial charge in [-0.3, -0.25) is 9.69 Å². The van der Waals surface area contributed by atoms with Gasteiger partial charge in [-0.25, -0.2) is 0 Å². The van der Waals surface area contributed by atoms with Gasteiger partial charge in [0.25, 0.3) is 0 Å². The van der Waals surface area contributed by atoms with Crippen LogP contribution in [0, 0.1) is 0 Å². The van der Waals surface area contributed by atoms with Gasteiger partial charge in [-0.1, -0.05) is 30.3 Å². The van der Waals surface area contributed by atoms with Crippen molar-refractivity contribution in [1.29, 1.82) is 0 Å². The van der Waals surface area contributed by atoms with Crippen LogP contribution in [0.3, 0.4) is 0 Å². The molecule has 0 atom stereocenters. The van der Waals surface area contributed by atoms with Crippen LogP contribution in [0.15, 0.2) is 51.9 Å². The Kier molecular flexibility index (Phi) is 4.92. The van der Waals surface area contributed by atoms with E-state index in [-0.39, 0.29) is 6.61 Å². The van der Waals surface area contributed by atoms with Crippen molar-refractivity contribution in [2.24, 2.45) is 0 Å². The zero-order chi connectivity index (χ0) is 14.4. The number of aliphatic hydroxyl groups excluding tert-OH is 1. The molecule has 2 aromatic rings. The first-order valence-corrected chi connectivity index (χ1v) is 6.37. The minimum absolute atomic E-state index is 0.0230. The van der Waals surface area contributed by atoms with Gasteiger partial charge in [0.15, 0.2) is 5.75 Å². The first-order valence-electron chi connectivity index (χ1n) is 6.37. The van der Waals surface area contributed by atoms with Crippen molar-refractivity contribution in [1.82, 2.24) is 4.90 Å². The van der Waals surface area contributed by atoms with Gasteiger partial charge in [0.1, 0.15) is 12.0 Å². The average molecular weight is 275 g/mol. The minimum atomic E-state index is -0.463. The van der Waals surface area contributed by atoms with E-state index >= 15 is 0 Å². The molecule has 1 aromatic heterocycles. The van der Waals surface area contributed by atoms with E-state index in [0.29, 0.717) is 25.4 Å². The molecule has 2 rings (SSSR count). The van der Waals surface area contributed by atoms with Crippen LogP contribution in [-0.2, 0) is 13.1 Å². The van der Waals surface area contributed by atoms with E-state index < -0.39 is 11.2 Å². The molecule has 0 aliphatic rings. The van der Waals surface area contributed by atoms with Gasteiger partial charge in [-0.15, -0.1) is 0 Å². The fourth-order valence-corrected chi connectivity index (χ4v) is 1.94. The largest absolute Gasteiger partial charge is 0.502 e. The Morgan fingerprint density at radius 1 is 1.15 bits per heavy atom. The summed E-state index contributed by atoms with van der Waals surface area (Å²) in [6.07, 6.45) is 1.04. The molecule has 2 N–H and O–H groups in total. The number of hydrogen-bond acceptors (Lipinski definition) is 5. The molecule has 0 aliphatic heterocycles. The number of benzene rings is 1. The van der Waals surface area contributed by atoms with Gasteiger partial charge >= 0.3 is 0 Å². The monoisotopic (exact) mass is 275 g/mol. The molecular formula is C15H17NO4. The fraction of sp³-hybridized carbons (Fsp3) is 0.267. The van der Waals surface area contributed by atoms with E-state index in [9.17, 15) is 4.79 Å². The van der Waals surface area contributed by atoms with Gasteiger partial charge in [-0.2, -0.15) is 0 Å². The molecule has 0 unspecified atom stereocenters. The van der Waals surface area contributed by atoms with E-state index in [0.717, 1.165) is 11.8 Å². The van der Waals surface area contributed by atoms with Crippen molar-refractivity contribution in [2.75, 3.05) is 13.2 Å². The van der Waals surface area contributed by atoms with Crippen LogP contribution >= 0.6 is 0 Å². The number of nitrogens with zero attached hydrogens (tertiary/aromatic N) is 1. The van der Waals surface area contributed by atoms with Crippen molar-refractivity contribution in [3.63, 3.8) is 0 Å². The maximum atomic E-state index is 11.4. The third-order valence-corrected chi connectivity index (χ3v) is 2.91. The molecule has 106 valence electrons. The lowest BCUT2D eigenvalue weighted by Crippen LogP contribution is -2.26. The molecule has 0 spiro atoms. The summed E-state index contributed by atoms with van der Waals surface area (Å²) in [7, 11) is 0. The Morgan fingerprint density at radius 2 is 1.90 bits per heavy atom. The average Bonchev–Trinajstić information content (AvgIpc) is 2.44. The van der Waals surface area contributed by atoms with Crippen molar-refractivity contribution in [3.05, 3.63) is 64.2 Å². The van der Waals surface area contributed by atoms with Crippen LogP contribution in [0.4, 0.5) is 0 Å². The van der Waals surface area contributed by atoms with E-state index in [1.165, 1.54) is 6.07 Å². The topological polar surface area (TPSA) is 73.9 Å². The summed E-state index contributed by atoms with van der Waals surface area (Å²) in [5, 5.41) is 18.3. The molecule has 0 saturated carbocycles. The Bertz CT molecular complexity index is 594. The third kappa shape index (κ3) is 3.94. The fourth-order valence-electron chi connectivity index (χ4n) is 1.94. The second-order valence-electron chi connectivity index (χ2n) is 4.52. The lowest BCUT2D eigenvalue weighted by molar-refractivity contribution is 0.173. The summed E-state index contributed by atoms with van der Waals surface area (Å²) in [5.41, 5.74) is 0.650. The summed E-state index contributed by atoms with van der Waals surface area (Å²) in [6.45, 7) is 1.53. The molecule has 0 amide bonds. The summed E-state index contributed by atoms with van der Waals surface area (Å²) in [5.74, 6) is 0.0581. The smallest absolute Gasteiger partial charge is 0.226 e. The van der Waals surface area contributed by atoms with Crippen LogP contribution in [0.1, 0.15) is 11.3 Å². The molecule has 0 saturated heterocycles. The highest BCUT2D eigenvalue weighted by Crippen LogP contribution is 2.10. The van der Waals surface area contributed by atoms with Crippen molar-refractivity contribution >= 4 is 0 Å². The molecule has 1 heterocycles. The predicted molar refractivity (Wildman–Crippen MR) is 74.3 cm³/mol. The Balaban J connectivity index is 2.08. The molecule has 5 nitrogen and oxygen atoms in total. The molecule has 5 heteroatoms. The molecule has 0 bridgehead atoms. The summed E-state index contributed by atoms with van der Waals surface area (Å²) >= 11 is 0. The summed E-state index contributed by atoms with van der Waals surface area (Å²) < 4.78 is 5.18. The van der Waals surface area contributed by atoms with Gasteiger partial charge in [0.05, 0.1) is 13.2 Å². The summed E-state index contributed by atoms with van der Waals surface area (Å²) in [6, 6.07) is 11.1. The first kappa shape index (κ1) is 14.3. The van der Waals surface area contributed by atoms with Crippen LogP contribution in [0.5, 0.6) is 5.75 Å². The van der Waals surface area contributed by atoms with E-state index in [2.05, 4.69) is 0 Å². The second-order valence-corrected chi connectivity index (χ2v) is 4.52. The van der Waals surface area contributed by atoms with Gasteiger partial charge in [-0.05, 0) is 5.56 Å². The van der Waals surface area contributed by atoms with E-state index in [1.807, 2.05) is 35.2 Å². The molecule has 20 heavy (non-hydrogen) atoms. The molecule has 0 aliphatic carbocycles. The second kappa shape index (κ2) is 6.88. The normalized spacial score (nSPS) is 10.9. The number of hydrogen-bond donors (Lipinski definition) is 2. The van der Waals surface area contributed by atoms with Crippen molar-refractivity contribution < 1.29 is 14.6 Å². The molecule has 1 aromatic carbocycles. The predicted octanol–water partition coefficient (Wildman–Crippen LogP) is 1.34. The van der Waals surface area contributed by atoms with E-state index in [1.54, 1.807) is 0 Å². The molecular weight excluding hydrogens is 258 g/mol. The lowest BCUT2D eigenvalue weighted by Gasteiger charge is -2.20. The highest BCUT2D eigenvalue weighted by molar-refractivity contribution is 5.16. The minimum Gasteiger partial charge on any atom is -0.502 e. The third-order valence-electron chi connectivity index (χ3n) is 2.91. The Labute approximate surface area is 116 Å². The Hall–Kier alpha value is -2.11. The van der Waals surface area contributed by atoms with Gasteiger partial charge in [0.2, 0.25) is 5.43 Å². The van der Waals surface area contributed by atoms with Crippen molar-refractivity contribution in [2.45, 2.75) is 13.1 Å². The molecule has 0 fully saturated rings. The maximum Gasteiger partial charge on any atom is 0.226 e. The lowest BCUT2D eigenvalue weighted by atomic mass is 10.2. The Morgan fingerprint density at radius 3 is 2.55 bits per heavy atom. The van der Waals surface area contributed by atoms with Crippen LogP contribution in [0.2, 0.25) is 0 Å². The zero-order valence-electron chi connectivity index (χ0n) is 11.0. The number of rotatable bonds is 6. The number of aliphatic hydroxyl groups is 1. The number of aromatic hydroxyl groups is 1. The van der Waals surface area contributed by atoms with Crippen LogP contribution in [0.25, 0.3) is 0 Å². The standard InChI is InChI=1S/C15H17NO4/c17-7-6-16(9-12-4-2-1-3-5-12)10-13-8-14(18)15(19)11-20-13/h1-5,8,11,17,19H,6-7,9-10H2. The first-order chi connectivity index (χ1) is 9.69. The highest BCUT2D eigenvalue weighted by atomic mass is 16.4. The van der Waals surface area contributed by atoms with Gasteiger partial charge in [0, 0.05) is 19.2 Å². The highest BCUT2D eigenvalue weighted by Gasteiger charge is 2.09. The van der Waals surface area contributed by atoms with Crippen LogP contribution in [-0.4, -0.2) is 28.3 Å². The van der Waals surface area contributed by atoms with E-state index in [4.69, 9.17) is 14.6 Å².